The van der Waals surface area contributed by atoms with Gasteiger partial charge in [0.15, 0.2) is 12.1 Å². The number of fused-ring (bicyclic) bond motifs is 2. The van der Waals surface area contributed by atoms with Gasteiger partial charge in [-0.1, -0.05) is 36.4 Å². The van der Waals surface area contributed by atoms with Gasteiger partial charge in [0.25, 0.3) is 0 Å². The summed E-state index contributed by atoms with van der Waals surface area (Å²) < 4.78 is 23.5. The minimum atomic E-state index is -0.984. The minimum absolute atomic E-state index is 0.275. The van der Waals surface area contributed by atoms with E-state index in [1.165, 1.54) is 6.92 Å². The second kappa shape index (κ2) is 8.01. The lowest BCUT2D eigenvalue weighted by atomic mass is 9.95. The number of amides is 1. The first-order chi connectivity index (χ1) is 13.8. The quantitative estimate of drug-likeness (QED) is 0.816. The third kappa shape index (κ3) is 4.44. The van der Waals surface area contributed by atoms with Crippen molar-refractivity contribution in [3.8, 4) is 0 Å². The van der Waals surface area contributed by atoms with Crippen molar-refractivity contribution < 1.29 is 28.8 Å². The molecular formula is C22H27NO6. The molecule has 2 aliphatic rings. The molecular weight excluding hydrogens is 374 g/mol. The van der Waals surface area contributed by atoms with Gasteiger partial charge in [0.2, 0.25) is 5.91 Å². The standard InChI is InChI=1S/C22H27NO6/c1-13(24)23-18-19(25)20-17(12-27-22(2,3)29-20)28-21(18)26-11-14-8-9-15-6-4-5-7-16(15)10-14/h4-10,17-21,25H,11-12H2,1-3H3,(H,23,24)/t17-,18+,19-,20+,21-/m1/s1. The number of carbonyl (C=O) groups excluding carboxylic acids is 1. The molecule has 2 fully saturated rings. The number of nitrogens with one attached hydrogen (secondary N) is 1. The summed E-state index contributed by atoms with van der Waals surface area (Å²) in [6.45, 7) is 5.52. The van der Waals surface area contributed by atoms with Crippen LogP contribution in [0.5, 0.6) is 0 Å². The molecule has 0 unspecified atom stereocenters. The van der Waals surface area contributed by atoms with E-state index in [0.717, 1.165) is 16.3 Å². The number of hydrogen-bond donors (Lipinski definition) is 2. The third-order valence-corrected chi connectivity index (χ3v) is 5.29. The summed E-state index contributed by atoms with van der Waals surface area (Å²) in [4.78, 5) is 11.7. The molecule has 2 aromatic carbocycles. The zero-order chi connectivity index (χ0) is 20.6. The van der Waals surface area contributed by atoms with Crippen LogP contribution in [0.4, 0.5) is 0 Å². The Hall–Kier alpha value is -2.03. The molecule has 0 aromatic heterocycles. The Labute approximate surface area is 169 Å². The fourth-order valence-corrected chi connectivity index (χ4v) is 3.88. The number of benzene rings is 2. The summed E-state index contributed by atoms with van der Waals surface area (Å²) in [5.41, 5.74) is 0.975. The molecule has 4 rings (SSSR count). The first-order valence-corrected chi connectivity index (χ1v) is 9.84. The lowest BCUT2D eigenvalue weighted by molar-refractivity contribution is -0.369. The smallest absolute Gasteiger partial charge is 0.217 e. The highest BCUT2D eigenvalue weighted by molar-refractivity contribution is 5.82. The highest BCUT2D eigenvalue weighted by Gasteiger charge is 2.51. The SMILES string of the molecule is CC(=O)N[C@@H]1[C@H](OCc2ccc3ccccc3c2)O[C@@H]2COC(C)(C)O[C@@H]2[C@@H]1O. The van der Waals surface area contributed by atoms with E-state index >= 15 is 0 Å². The van der Waals surface area contributed by atoms with Gasteiger partial charge in [-0.3, -0.25) is 4.79 Å². The number of aliphatic hydroxyl groups excluding tert-OH is 1. The molecule has 2 N–H and O–H groups in total. The Balaban J connectivity index is 1.50. The van der Waals surface area contributed by atoms with Crippen molar-refractivity contribution in [2.75, 3.05) is 6.61 Å². The van der Waals surface area contributed by atoms with Crippen LogP contribution in [0.2, 0.25) is 0 Å². The van der Waals surface area contributed by atoms with E-state index in [1.807, 2.05) is 30.3 Å². The molecule has 0 spiro atoms. The maximum absolute atomic E-state index is 11.7. The Morgan fingerprint density at radius 3 is 2.76 bits per heavy atom. The number of aliphatic hydroxyl groups is 1. The maximum Gasteiger partial charge on any atom is 0.217 e. The van der Waals surface area contributed by atoms with Crippen molar-refractivity contribution in [1.82, 2.24) is 5.32 Å². The Bertz CT molecular complexity index is 884. The average molecular weight is 401 g/mol. The van der Waals surface area contributed by atoms with Crippen LogP contribution in [0, 0.1) is 0 Å². The van der Waals surface area contributed by atoms with Gasteiger partial charge < -0.3 is 29.4 Å². The van der Waals surface area contributed by atoms with Crippen LogP contribution in [0.3, 0.4) is 0 Å². The molecule has 2 aromatic rings. The number of ether oxygens (including phenoxy) is 4. The zero-order valence-electron chi connectivity index (χ0n) is 16.8. The van der Waals surface area contributed by atoms with Gasteiger partial charge in [0.1, 0.15) is 24.4 Å². The summed E-state index contributed by atoms with van der Waals surface area (Å²) in [5.74, 6) is -1.10. The third-order valence-electron chi connectivity index (χ3n) is 5.29. The highest BCUT2D eigenvalue weighted by atomic mass is 16.8. The average Bonchev–Trinajstić information content (AvgIpc) is 2.68. The van der Waals surface area contributed by atoms with Crippen molar-refractivity contribution in [2.45, 2.75) is 63.8 Å². The van der Waals surface area contributed by atoms with Crippen LogP contribution in [-0.4, -0.2) is 54.1 Å². The topological polar surface area (TPSA) is 86.3 Å². The molecule has 156 valence electrons. The Kier molecular flexibility index (Phi) is 5.59. The van der Waals surface area contributed by atoms with Crippen LogP contribution < -0.4 is 5.32 Å². The molecule has 0 saturated carbocycles. The molecule has 0 bridgehead atoms. The van der Waals surface area contributed by atoms with Crippen LogP contribution in [0.25, 0.3) is 10.8 Å². The van der Waals surface area contributed by atoms with Crippen molar-refractivity contribution in [1.29, 1.82) is 0 Å². The monoisotopic (exact) mass is 401 g/mol. The summed E-state index contributed by atoms with van der Waals surface area (Å²) >= 11 is 0. The van der Waals surface area contributed by atoms with Crippen molar-refractivity contribution in [3.05, 3.63) is 48.0 Å². The molecule has 2 saturated heterocycles. The summed E-state index contributed by atoms with van der Waals surface area (Å²) in [6.07, 6.45) is -2.90. The molecule has 2 heterocycles. The van der Waals surface area contributed by atoms with E-state index in [1.54, 1.807) is 13.8 Å². The normalized spacial score (nSPS) is 31.2. The second-order valence-corrected chi connectivity index (χ2v) is 8.05. The van der Waals surface area contributed by atoms with Gasteiger partial charge in [0.05, 0.1) is 13.2 Å². The molecule has 5 atom stereocenters. The van der Waals surface area contributed by atoms with Gasteiger partial charge in [0, 0.05) is 6.92 Å². The van der Waals surface area contributed by atoms with Crippen molar-refractivity contribution >= 4 is 16.7 Å². The van der Waals surface area contributed by atoms with Gasteiger partial charge in [-0.05, 0) is 36.2 Å². The molecule has 1 amide bonds. The Morgan fingerprint density at radius 1 is 1.24 bits per heavy atom. The predicted octanol–water partition coefficient (Wildman–Crippen LogP) is 2.10. The van der Waals surface area contributed by atoms with Crippen molar-refractivity contribution in [2.24, 2.45) is 0 Å². The summed E-state index contributed by atoms with van der Waals surface area (Å²) in [5, 5.41) is 15.9. The number of hydrogen-bond acceptors (Lipinski definition) is 6. The first-order valence-electron chi connectivity index (χ1n) is 9.84. The summed E-state index contributed by atoms with van der Waals surface area (Å²) in [6, 6.07) is 13.4. The number of carbonyl (C=O) groups is 1. The van der Waals surface area contributed by atoms with E-state index < -0.39 is 36.4 Å². The van der Waals surface area contributed by atoms with Gasteiger partial charge in [-0.15, -0.1) is 0 Å². The van der Waals surface area contributed by atoms with E-state index in [2.05, 4.69) is 17.4 Å². The molecule has 29 heavy (non-hydrogen) atoms. The number of rotatable bonds is 4. The lowest BCUT2D eigenvalue weighted by Gasteiger charge is -2.49. The fourth-order valence-electron chi connectivity index (χ4n) is 3.88. The molecule has 2 aliphatic heterocycles. The van der Waals surface area contributed by atoms with Crippen LogP contribution in [0.1, 0.15) is 26.3 Å². The van der Waals surface area contributed by atoms with Gasteiger partial charge >= 0.3 is 0 Å². The molecule has 0 aliphatic carbocycles. The fraction of sp³-hybridized carbons (Fsp3) is 0.500. The zero-order valence-corrected chi connectivity index (χ0v) is 16.8. The summed E-state index contributed by atoms with van der Waals surface area (Å²) in [7, 11) is 0. The van der Waals surface area contributed by atoms with Crippen LogP contribution >= 0.6 is 0 Å². The first kappa shape index (κ1) is 20.3. The van der Waals surface area contributed by atoms with E-state index in [4.69, 9.17) is 18.9 Å². The molecule has 7 heteroatoms. The lowest BCUT2D eigenvalue weighted by Crippen LogP contribution is -2.68. The van der Waals surface area contributed by atoms with Gasteiger partial charge in [-0.2, -0.15) is 0 Å². The Morgan fingerprint density at radius 2 is 2.00 bits per heavy atom. The minimum Gasteiger partial charge on any atom is -0.388 e. The predicted molar refractivity (Wildman–Crippen MR) is 106 cm³/mol. The van der Waals surface area contributed by atoms with Crippen LogP contribution in [-0.2, 0) is 30.3 Å². The second-order valence-electron chi connectivity index (χ2n) is 8.05. The maximum atomic E-state index is 11.7. The molecule has 0 radical (unpaired) electrons. The van der Waals surface area contributed by atoms with Crippen molar-refractivity contribution in [3.63, 3.8) is 0 Å². The van der Waals surface area contributed by atoms with Crippen LogP contribution in [0.15, 0.2) is 42.5 Å². The highest BCUT2D eigenvalue weighted by Crippen LogP contribution is 2.33. The van der Waals surface area contributed by atoms with E-state index in [0.29, 0.717) is 0 Å². The molecule has 7 nitrogen and oxygen atoms in total. The van der Waals surface area contributed by atoms with Gasteiger partial charge in [-0.25, -0.2) is 0 Å². The van der Waals surface area contributed by atoms with E-state index in [9.17, 15) is 9.90 Å². The largest absolute Gasteiger partial charge is 0.388 e. The van der Waals surface area contributed by atoms with E-state index in [-0.39, 0.29) is 19.1 Å².